The van der Waals surface area contributed by atoms with Crippen LogP contribution in [0, 0.1) is 0 Å². The van der Waals surface area contributed by atoms with Gasteiger partial charge in [-0.3, -0.25) is 9.59 Å². The van der Waals surface area contributed by atoms with E-state index in [9.17, 15) is 9.59 Å². The second kappa shape index (κ2) is 9.61. The Morgan fingerprint density at radius 3 is 2.67 bits per heavy atom. The van der Waals surface area contributed by atoms with Gasteiger partial charge in [0.05, 0.1) is 6.42 Å². The number of esters is 1. The van der Waals surface area contributed by atoms with E-state index >= 15 is 0 Å². The van der Waals surface area contributed by atoms with E-state index in [1.165, 1.54) is 6.08 Å². The molecule has 0 aromatic rings. The predicted octanol–water partition coefficient (Wildman–Crippen LogP) is 0.100. The molecule has 6 nitrogen and oxygen atoms in total. The number of aliphatic carboxylic acids is 1. The maximum Gasteiger partial charge on any atom is 0.324 e. The van der Waals surface area contributed by atoms with Gasteiger partial charge in [0.1, 0.15) is 12.6 Å². The van der Waals surface area contributed by atoms with Crippen molar-refractivity contribution in [2.75, 3.05) is 33.8 Å². The Morgan fingerprint density at radius 2 is 2.17 bits per heavy atom. The summed E-state index contributed by atoms with van der Waals surface area (Å²) in [5.74, 6) is -1.59. The third-order valence-corrected chi connectivity index (χ3v) is 2.18. The van der Waals surface area contributed by atoms with Gasteiger partial charge in [-0.25, -0.2) is 0 Å². The number of rotatable bonds is 10. The van der Waals surface area contributed by atoms with Gasteiger partial charge in [-0.15, -0.1) is 0 Å². The molecule has 0 aromatic carbocycles. The Kier molecular flexibility index (Phi) is 8.86. The van der Waals surface area contributed by atoms with E-state index in [1.807, 2.05) is 19.0 Å². The second-order valence-corrected chi connectivity index (χ2v) is 4.18. The number of hydrogen-bond acceptors (Lipinski definition) is 5. The van der Waals surface area contributed by atoms with E-state index in [0.717, 1.165) is 13.0 Å². The van der Waals surface area contributed by atoms with Gasteiger partial charge in [-0.05, 0) is 33.6 Å². The molecule has 0 saturated carbocycles. The van der Waals surface area contributed by atoms with Gasteiger partial charge in [0.2, 0.25) is 0 Å². The Labute approximate surface area is 108 Å². The molecule has 0 unspecified atom stereocenters. The van der Waals surface area contributed by atoms with Crippen molar-refractivity contribution in [3.05, 3.63) is 12.7 Å². The molecule has 0 heterocycles. The van der Waals surface area contributed by atoms with Gasteiger partial charge in [0.25, 0.3) is 0 Å². The van der Waals surface area contributed by atoms with E-state index < -0.39 is 18.0 Å². The Bertz CT molecular complexity index is 279. The minimum atomic E-state index is -1.03. The lowest BCUT2D eigenvalue weighted by atomic mass is 10.2. The van der Waals surface area contributed by atoms with Crippen molar-refractivity contribution >= 4 is 11.9 Å². The van der Waals surface area contributed by atoms with E-state index in [0.29, 0.717) is 6.54 Å². The largest absolute Gasteiger partial charge is 0.481 e. The zero-order valence-electron chi connectivity index (χ0n) is 11.0. The van der Waals surface area contributed by atoms with Crippen LogP contribution in [-0.4, -0.2) is 61.8 Å². The molecule has 6 heteroatoms. The van der Waals surface area contributed by atoms with E-state index in [1.54, 1.807) is 0 Å². The normalized spacial score (nSPS) is 12.2. The molecule has 1 atom stereocenters. The first-order valence-electron chi connectivity index (χ1n) is 5.84. The number of carbonyl (C=O) groups excluding carboxylic acids is 1. The minimum Gasteiger partial charge on any atom is -0.481 e. The molecule has 0 aliphatic carbocycles. The SMILES string of the molecule is C=CCOC(=O)[C@H](CC(=O)O)NCCCN(C)C. The lowest BCUT2D eigenvalue weighted by molar-refractivity contribution is -0.149. The average molecular weight is 258 g/mol. The fourth-order valence-electron chi connectivity index (χ4n) is 1.33. The zero-order valence-corrected chi connectivity index (χ0v) is 11.0. The van der Waals surface area contributed by atoms with Crippen LogP contribution in [0.5, 0.6) is 0 Å². The molecule has 2 N–H and O–H groups in total. The summed E-state index contributed by atoms with van der Waals surface area (Å²) in [6, 6.07) is -0.801. The number of carboxylic acids is 1. The van der Waals surface area contributed by atoms with E-state index in [4.69, 9.17) is 9.84 Å². The van der Waals surface area contributed by atoms with Crippen LogP contribution < -0.4 is 5.32 Å². The number of ether oxygens (including phenoxy) is 1. The van der Waals surface area contributed by atoms with Crippen LogP contribution >= 0.6 is 0 Å². The molecule has 0 amide bonds. The van der Waals surface area contributed by atoms with Crippen molar-refractivity contribution in [3.63, 3.8) is 0 Å². The Balaban J connectivity index is 4.09. The van der Waals surface area contributed by atoms with Gasteiger partial charge in [0.15, 0.2) is 0 Å². The molecular formula is C12H22N2O4. The van der Waals surface area contributed by atoms with Gasteiger partial charge in [-0.2, -0.15) is 0 Å². The standard InChI is InChI=1S/C12H22N2O4/c1-4-8-18-12(17)10(9-11(15)16)13-6-5-7-14(2)3/h4,10,13H,1,5-9H2,2-3H3,(H,15,16)/t10-/m0/s1. The van der Waals surface area contributed by atoms with Crippen LogP contribution in [0.15, 0.2) is 12.7 Å². The highest BCUT2D eigenvalue weighted by Gasteiger charge is 2.22. The highest BCUT2D eigenvalue weighted by molar-refractivity contribution is 5.82. The van der Waals surface area contributed by atoms with Gasteiger partial charge < -0.3 is 20.1 Å². The summed E-state index contributed by atoms with van der Waals surface area (Å²) in [5, 5.41) is 11.6. The van der Waals surface area contributed by atoms with Crippen LogP contribution in [0.1, 0.15) is 12.8 Å². The Hall–Kier alpha value is -1.40. The molecule has 0 aliphatic heterocycles. The number of carboxylic acid groups (broad SMARTS) is 1. The molecular weight excluding hydrogens is 236 g/mol. The first kappa shape index (κ1) is 16.6. The summed E-state index contributed by atoms with van der Waals surface area (Å²) in [6.07, 6.45) is 2.00. The summed E-state index contributed by atoms with van der Waals surface area (Å²) in [7, 11) is 3.90. The van der Waals surface area contributed by atoms with E-state index in [-0.39, 0.29) is 13.0 Å². The lowest BCUT2D eigenvalue weighted by Crippen LogP contribution is -2.41. The third kappa shape index (κ3) is 8.72. The molecule has 0 radical (unpaired) electrons. The molecule has 0 rings (SSSR count). The van der Waals surface area contributed by atoms with Crippen molar-refractivity contribution in [3.8, 4) is 0 Å². The maximum absolute atomic E-state index is 11.6. The minimum absolute atomic E-state index is 0.0916. The van der Waals surface area contributed by atoms with Crippen molar-refractivity contribution in [2.45, 2.75) is 18.9 Å². The average Bonchev–Trinajstić information content (AvgIpc) is 2.29. The van der Waals surface area contributed by atoms with Crippen molar-refractivity contribution in [1.29, 1.82) is 0 Å². The fourth-order valence-corrected chi connectivity index (χ4v) is 1.33. The fraction of sp³-hybridized carbons (Fsp3) is 0.667. The maximum atomic E-state index is 11.6. The monoisotopic (exact) mass is 258 g/mol. The van der Waals surface area contributed by atoms with Crippen molar-refractivity contribution in [1.82, 2.24) is 10.2 Å². The summed E-state index contributed by atoms with van der Waals surface area (Å²) in [5.41, 5.74) is 0. The number of carbonyl (C=O) groups is 2. The molecule has 0 spiro atoms. The van der Waals surface area contributed by atoms with Gasteiger partial charge in [-0.1, -0.05) is 12.7 Å². The number of hydrogen-bond donors (Lipinski definition) is 2. The summed E-state index contributed by atoms with van der Waals surface area (Å²) in [4.78, 5) is 24.2. The summed E-state index contributed by atoms with van der Waals surface area (Å²) < 4.78 is 4.84. The first-order valence-corrected chi connectivity index (χ1v) is 5.84. The van der Waals surface area contributed by atoms with Crippen LogP contribution in [-0.2, 0) is 14.3 Å². The molecule has 0 bridgehead atoms. The number of nitrogens with zero attached hydrogens (tertiary/aromatic N) is 1. The smallest absolute Gasteiger partial charge is 0.324 e. The lowest BCUT2D eigenvalue weighted by Gasteiger charge is -2.16. The highest BCUT2D eigenvalue weighted by atomic mass is 16.5. The predicted molar refractivity (Wildman–Crippen MR) is 68.4 cm³/mol. The quantitative estimate of drug-likeness (QED) is 0.329. The Morgan fingerprint density at radius 1 is 1.50 bits per heavy atom. The highest BCUT2D eigenvalue weighted by Crippen LogP contribution is 1.97. The van der Waals surface area contributed by atoms with E-state index in [2.05, 4.69) is 11.9 Å². The molecule has 0 aromatic heterocycles. The topological polar surface area (TPSA) is 78.9 Å². The zero-order chi connectivity index (χ0) is 14.0. The van der Waals surface area contributed by atoms with Crippen LogP contribution in [0.2, 0.25) is 0 Å². The first-order chi connectivity index (χ1) is 8.47. The molecule has 0 fully saturated rings. The summed E-state index contributed by atoms with van der Waals surface area (Å²) in [6.45, 7) is 4.96. The molecule has 0 aliphatic rings. The molecule has 104 valence electrons. The van der Waals surface area contributed by atoms with Crippen molar-refractivity contribution in [2.24, 2.45) is 0 Å². The van der Waals surface area contributed by atoms with Crippen molar-refractivity contribution < 1.29 is 19.4 Å². The molecule has 0 saturated heterocycles. The van der Waals surface area contributed by atoms with Gasteiger partial charge >= 0.3 is 11.9 Å². The third-order valence-electron chi connectivity index (χ3n) is 2.18. The number of nitrogens with one attached hydrogen (secondary N) is 1. The second-order valence-electron chi connectivity index (χ2n) is 4.18. The van der Waals surface area contributed by atoms with Crippen LogP contribution in [0.4, 0.5) is 0 Å². The van der Waals surface area contributed by atoms with Gasteiger partial charge in [0, 0.05) is 0 Å². The van der Waals surface area contributed by atoms with Crippen LogP contribution in [0.3, 0.4) is 0 Å². The summed E-state index contributed by atoms with van der Waals surface area (Å²) >= 11 is 0. The van der Waals surface area contributed by atoms with Crippen LogP contribution in [0.25, 0.3) is 0 Å². The molecule has 18 heavy (non-hydrogen) atoms.